The van der Waals surface area contributed by atoms with E-state index in [1.807, 2.05) is 47.6 Å². The molecule has 1 aromatic carbocycles. The fourth-order valence-corrected chi connectivity index (χ4v) is 4.20. The maximum Gasteiger partial charge on any atom is 0.252 e. The van der Waals surface area contributed by atoms with Gasteiger partial charge in [-0.05, 0) is 43.2 Å². The first-order valence-electron chi connectivity index (χ1n) is 12.2. The summed E-state index contributed by atoms with van der Waals surface area (Å²) in [4.78, 5) is 16.5. The zero-order valence-corrected chi connectivity index (χ0v) is 22.4. The molecule has 0 saturated carbocycles. The number of pyridine rings is 1. The van der Waals surface area contributed by atoms with Crippen molar-refractivity contribution in [2.24, 2.45) is 5.73 Å². The lowest BCUT2D eigenvalue weighted by Crippen LogP contribution is -2.26. The van der Waals surface area contributed by atoms with Gasteiger partial charge < -0.3 is 19.9 Å². The molecule has 36 heavy (non-hydrogen) atoms. The molecule has 2 aromatic heterocycles. The average molecular weight is 501 g/mol. The van der Waals surface area contributed by atoms with Gasteiger partial charge in [-0.25, -0.2) is 9.37 Å². The van der Waals surface area contributed by atoms with Gasteiger partial charge in [0, 0.05) is 23.9 Å². The summed E-state index contributed by atoms with van der Waals surface area (Å²) in [5.74, 6) is -0.798. The quantitative estimate of drug-likeness (QED) is 0.504. The average Bonchev–Trinajstić information content (AvgIpc) is 3.52. The van der Waals surface area contributed by atoms with Gasteiger partial charge in [0.15, 0.2) is 0 Å². The predicted octanol–water partition coefficient (Wildman–Crippen LogP) is 5.11. The number of nitrogens with two attached hydrogens (primary N) is 1. The van der Waals surface area contributed by atoms with E-state index in [1.165, 1.54) is 19.4 Å². The topological polar surface area (TPSA) is 101 Å². The largest absolute Gasteiger partial charge is 0.481 e. The summed E-state index contributed by atoms with van der Waals surface area (Å²) in [6.45, 7) is 12.5. The van der Waals surface area contributed by atoms with Gasteiger partial charge in [0.2, 0.25) is 5.88 Å². The molecule has 4 rings (SSSR count). The molecule has 0 bridgehead atoms. The predicted molar refractivity (Wildman–Crippen MR) is 139 cm³/mol. The number of hydrogen-bond acceptors (Lipinski definition) is 6. The highest BCUT2D eigenvalue weighted by Gasteiger charge is 2.34. The smallest absolute Gasteiger partial charge is 0.252 e. The van der Waals surface area contributed by atoms with E-state index in [2.05, 4.69) is 10.1 Å². The van der Waals surface area contributed by atoms with Gasteiger partial charge in [-0.1, -0.05) is 33.8 Å². The Morgan fingerprint density at radius 3 is 2.42 bits per heavy atom. The van der Waals surface area contributed by atoms with Gasteiger partial charge >= 0.3 is 0 Å². The van der Waals surface area contributed by atoms with Gasteiger partial charge in [0.05, 0.1) is 37.8 Å². The van der Waals surface area contributed by atoms with E-state index in [1.54, 1.807) is 23.9 Å². The number of amides is 1. The third-order valence-electron chi connectivity index (χ3n) is 5.70. The molecule has 3 heterocycles. The number of primary amides is 1. The van der Waals surface area contributed by atoms with Gasteiger partial charge in [-0.3, -0.25) is 9.48 Å². The van der Waals surface area contributed by atoms with Crippen molar-refractivity contribution in [1.29, 1.82) is 0 Å². The molecule has 2 atom stereocenters. The minimum Gasteiger partial charge on any atom is -0.481 e. The van der Waals surface area contributed by atoms with E-state index in [0.717, 1.165) is 11.3 Å². The van der Waals surface area contributed by atoms with Crippen molar-refractivity contribution in [3.05, 3.63) is 53.1 Å². The van der Waals surface area contributed by atoms with E-state index < -0.39 is 11.7 Å². The number of carbonyl (C=O) groups is 1. The number of rotatable bonds is 6. The SMILES string of the molecule is CC.CC.COc1nc(C)cc(C)c1-c1ccc(-c2c(C(N)=O)cnn2[C@@H]2COC[C@H]2OC)c(F)c1. The molecular weight excluding hydrogens is 463 g/mol. The van der Waals surface area contributed by atoms with Crippen molar-refractivity contribution < 1.29 is 23.4 Å². The van der Waals surface area contributed by atoms with Crippen molar-refractivity contribution in [3.8, 4) is 28.3 Å². The molecule has 0 unspecified atom stereocenters. The number of aromatic nitrogens is 3. The Labute approximate surface area is 212 Å². The summed E-state index contributed by atoms with van der Waals surface area (Å²) in [6, 6.07) is 6.38. The summed E-state index contributed by atoms with van der Waals surface area (Å²) < 4.78 is 33.5. The van der Waals surface area contributed by atoms with Crippen molar-refractivity contribution >= 4 is 5.91 Å². The van der Waals surface area contributed by atoms with Crippen LogP contribution in [0, 0.1) is 19.7 Å². The minimum atomic E-state index is -0.692. The molecule has 1 saturated heterocycles. The molecule has 0 aliphatic carbocycles. The third-order valence-corrected chi connectivity index (χ3v) is 5.70. The molecule has 8 nitrogen and oxygen atoms in total. The van der Waals surface area contributed by atoms with Crippen LogP contribution in [-0.4, -0.2) is 54.2 Å². The summed E-state index contributed by atoms with van der Waals surface area (Å²) in [6.07, 6.45) is 1.08. The molecular formula is C27H37FN4O4. The second-order valence-corrected chi connectivity index (χ2v) is 7.75. The van der Waals surface area contributed by atoms with Gasteiger partial charge in [0.1, 0.15) is 18.0 Å². The van der Waals surface area contributed by atoms with Crippen LogP contribution in [-0.2, 0) is 9.47 Å². The minimum absolute atomic E-state index is 0.129. The fraction of sp³-hybridized carbons (Fsp3) is 0.444. The van der Waals surface area contributed by atoms with Crippen LogP contribution < -0.4 is 10.5 Å². The highest BCUT2D eigenvalue weighted by Crippen LogP contribution is 2.37. The van der Waals surface area contributed by atoms with Crippen molar-refractivity contribution in [2.75, 3.05) is 27.4 Å². The number of aryl methyl sites for hydroxylation is 2. The summed E-state index contributed by atoms with van der Waals surface area (Å²) in [5.41, 5.74) is 9.24. The lowest BCUT2D eigenvalue weighted by molar-refractivity contribution is 0.0667. The Kier molecular flexibility index (Phi) is 10.6. The molecule has 3 aromatic rings. The highest BCUT2D eigenvalue weighted by molar-refractivity contribution is 5.99. The lowest BCUT2D eigenvalue weighted by atomic mass is 9.97. The first-order valence-corrected chi connectivity index (χ1v) is 12.2. The van der Waals surface area contributed by atoms with Crippen molar-refractivity contribution in [1.82, 2.24) is 14.8 Å². The normalized spacial score (nSPS) is 16.5. The Hall–Kier alpha value is -3.30. The molecule has 1 aliphatic rings. The van der Waals surface area contributed by atoms with E-state index in [4.69, 9.17) is 19.9 Å². The van der Waals surface area contributed by atoms with E-state index in [0.29, 0.717) is 35.9 Å². The Morgan fingerprint density at radius 2 is 1.83 bits per heavy atom. The number of halogens is 1. The van der Waals surface area contributed by atoms with Crippen LogP contribution in [0.25, 0.3) is 22.4 Å². The van der Waals surface area contributed by atoms with Crippen molar-refractivity contribution in [2.45, 2.75) is 53.7 Å². The molecule has 1 fully saturated rings. The first kappa shape index (κ1) is 28.9. The van der Waals surface area contributed by atoms with E-state index in [-0.39, 0.29) is 23.3 Å². The Bertz CT molecular complexity index is 1180. The van der Waals surface area contributed by atoms with Crippen LogP contribution in [0.2, 0.25) is 0 Å². The maximum atomic E-state index is 15.5. The van der Waals surface area contributed by atoms with Crippen LogP contribution in [0.1, 0.15) is 55.4 Å². The first-order chi connectivity index (χ1) is 17.3. The van der Waals surface area contributed by atoms with Gasteiger partial charge in [-0.2, -0.15) is 5.10 Å². The molecule has 2 N–H and O–H groups in total. The van der Waals surface area contributed by atoms with Gasteiger partial charge in [-0.15, -0.1) is 0 Å². The highest BCUT2D eigenvalue weighted by atomic mass is 19.1. The molecule has 1 aliphatic heterocycles. The van der Waals surface area contributed by atoms with Crippen LogP contribution in [0.5, 0.6) is 5.88 Å². The summed E-state index contributed by atoms with van der Waals surface area (Å²) in [5, 5.41) is 4.33. The number of ether oxygens (including phenoxy) is 3. The van der Waals surface area contributed by atoms with Crippen molar-refractivity contribution in [3.63, 3.8) is 0 Å². The summed E-state index contributed by atoms with van der Waals surface area (Å²) in [7, 11) is 3.11. The zero-order valence-electron chi connectivity index (χ0n) is 22.4. The molecule has 9 heteroatoms. The van der Waals surface area contributed by atoms with E-state index in [9.17, 15) is 4.79 Å². The van der Waals surface area contributed by atoms with Crippen LogP contribution in [0.15, 0.2) is 30.5 Å². The number of benzene rings is 1. The Balaban J connectivity index is 0.00000109. The molecule has 0 spiro atoms. The number of carbonyl (C=O) groups excluding carboxylic acids is 1. The molecule has 1 amide bonds. The third kappa shape index (κ3) is 5.74. The standard InChI is InChI=1S/C23H25FN4O4.2C2H6/c1-12-7-13(2)27-23(31-4)20(12)14-5-6-15(17(24)8-14)21-16(22(25)29)9-26-28(21)18-10-32-11-19(18)30-3;2*1-2/h5-9,18-19H,10-11H2,1-4H3,(H2,25,29);2*1-2H3/t18-,19-;;/m1../s1. The van der Waals surface area contributed by atoms with Crippen LogP contribution in [0.4, 0.5) is 4.39 Å². The summed E-state index contributed by atoms with van der Waals surface area (Å²) >= 11 is 0. The Morgan fingerprint density at radius 1 is 1.14 bits per heavy atom. The van der Waals surface area contributed by atoms with Crippen LogP contribution >= 0.6 is 0 Å². The molecule has 196 valence electrons. The molecule has 0 radical (unpaired) electrons. The second-order valence-electron chi connectivity index (χ2n) is 7.75. The van der Waals surface area contributed by atoms with Crippen LogP contribution in [0.3, 0.4) is 0 Å². The van der Waals surface area contributed by atoms with E-state index >= 15 is 4.39 Å². The number of hydrogen-bond donors (Lipinski definition) is 1. The lowest BCUT2D eigenvalue weighted by Gasteiger charge is -2.20. The second kappa shape index (κ2) is 13.1. The number of nitrogens with zero attached hydrogens (tertiary/aromatic N) is 3. The maximum absolute atomic E-state index is 15.5. The van der Waals surface area contributed by atoms with Gasteiger partial charge in [0.25, 0.3) is 5.91 Å². The monoisotopic (exact) mass is 500 g/mol. The fourth-order valence-electron chi connectivity index (χ4n) is 4.20. The number of methoxy groups -OCH3 is 2. The zero-order chi connectivity index (χ0) is 27.0.